The van der Waals surface area contributed by atoms with Crippen LogP contribution in [0.4, 0.5) is 17.6 Å². The summed E-state index contributed by atoms with van der Waals surface area (Å²) in [6, 6.07) is 8.37. The fourth-order valence-electron chi connectivity index (χ4n) is 4.40. The molecule has 3 aliphatic rings. The molecule has 5 rings (SSSR count). The fourth-order valence-corrected chi connectivity index (χ4v) is 5.50. The molecule has 0 bridgehead atoms. The molecule has 8 heteroatoms. The quantitative estimate of drug-likeness (QED) is 0.474. The van der Waals surface area contributed by atoms with Gasteiger partial charge in [-0.25, -0.2) is 4.39 Å². The largest absolute Gasteiger partial charge is 0.416 e. The highest BCUT2D eigenvalue weighted by Gasteiger charge is 2.34. The van der Waals surface area contributed by atoms with E-state index >= 15 is 0 Å². The van der Waals surface area contributed by atoms with E-state index in [-0.39, 0.29) is 12.1 Å². The molecule has 0 unspecified atom stereocenters. The number of hydrogen-bond acceptors (Lipinski definition) is 4. The molecule has 3 heterocycles. The van der Waals surface area contributed by atoms with Crippen LogP contribution >= 0.6 is 11.8 Å². The third kappa shape index (κ3) is 4.26. The Kier molecular flexibility index (Phi) is 5.58. The van der Waals surface area contributed by atoms with Gasteiger partial charge in [-0.15, -0.1) is 0 Å². The van der Waals surface area contributed by atoms with Crippen molar-refractivity contribution in [2.75, 3.05) is 32.8 Å². The molecule has 2 saturated heterocycles. The van der Waals surface area contributed by atoms with Crippen molar-refractivity contribution in [1.82, 2.24) is 4.90 Å². The van der Waals surface area contributed by atoms with Crippen LogP contribution in [0, 0.1) is 5.82 Å². The summed E-state index contributed by atoms with van der Waals surface area (Å²) in [6.45, 7) is 3.46. The third-order valence-corrected chi connectivity index (χ3v) is 7.05. The van der Waals surface area contributed by atoms with Crippen molar-refractivity contribution in [2.45, 2.75) is 35.1 Å². The average Bonchev–Trinajstić information content (AvgIpc) is 3.24. The number of benzene rings is 2. The highest BCUT2D eigenvalue weighted by Crippen LogP contribution is 2.49. The van der Waals surface area contributed by atoms with Gasteiger partial charge in [-0.1, -0.05) is 23.4 Å². The number of hydrogen-bond donors (Lipinski definition) is 0. The Hall–Kier alpha value is -1.87. The van der Waals surface area contributed by atoms with Gasteiger partial charge in [0.2, 0.25) is 0 Å². The number of nitrogens with zero attached hydrogens (tertiary/aromatic N) is 1. The molecule has 31 heavy (non-hydrogen) atoms. The fraction of sp³-hybridized carbons (Fsp3) is 0.391. The van der Waals surface area contributed by atoms with Crippen molar-refractivity contribution in [3.63, 3.8) is 0 Å². The van der Waals surface area contributed by atoms with Crippen molar-refractivity contribution in [2.24, 2.45) is 0 Å². The maximum atomic E-state index is 13.9. The molecule has 0 amide bonds. The first-order valence-corrected chi connectivity index (χ1v) is 11.1. The highest BCUT2D eigenvalue weighted by atomic mass is 32.2. The number of alkyl halides is 3. The molecule has 2 aromatic rings. The van der Waals surface area contributed by atoms with Crippen LogP contribution in [-0.4, -0.2) is 44.0 Å². The zero-order chi connectivity index (χ0) is 21.6. The van der Waals surface area contributed by atoms with Crippen molar-refractivity contribution in [3.8, 4) is 0 Å². The van der Waals surface area contributed by atoms with E-state index < -0.39 is 11.7 Å². The number of halogens is 4. The van der Waals surface area contributed by atoms with E-state index in [1.54, 1.807) is 6.07 Å². The standard InChI is InChI=1S/C23H21F4NO2S/c24-16-2-3-17-20(12-16)31-19-4-1-15(23(25,26)27)11-18(19)22(17)14-5-7-28(8-6-14)13-21-29-9-10-30-21/h1-4,11-12,21H,5-10,13H2. The molecule has 164 valence electrons. The van der Waals surface area contributed by atoms with E-state index in [1.165, 1.54) is 36.0 Å². The molecule has 0 saturated carbocycles. The van der Waals surface area contributed by atoms with Gasteiger partial charge < -0.3 is 9.47 Å². The van der Waals surface area contributed by atoms with Gasteiger partial charge in [0.05, 0.1) is 18.8 Å². The van der Waals surface area contributed by atoms with Crippen molar-refractivity contribution < 1.29 is 27.0 Å². The maximum Gasteiger partial charge on any atom is 0.416 e. The zero-order valence-corrected chi connectivity index (χ0v) is 17.5. The Morgan fingerprint density at radius 2 is 1.68 bits per heavy atom. The van der Waals surface area contributed by atoms with Crippen LogP contribution in [0.2, 0.25) is 0 Å². The summed E-state index contributed by atoms with van der Waals surface area (Å²) in [5.74, 6) is -0.350. The second-order valence-electron chi connectivity index (χ2n) is 7.90. The molecule has 0 radical (unpaired) electrons. The third-order valence-electron chi connectivity index (χ3n) is 5.92. The van der Waals surface area contributed by atoms with Gasteiger partial charge in [0.1, 0.15) is 5.82 Å². The molecule has 3 aliphatic heterocycles. The predicted octanol–water partition coefficient (Wildman–Crippen LogP) is 5.58. The summed E-state index contributed by atoms with van der Waals surface area (Å²) in [6.07, 6.45) is -3.15. The van der Waals surface area contributed by atoms with E-state index in [0.717, 1.165) is 58.5 Å². The van der Waals surface area contributed by atoms with Crippen LogP contribution in [0.25, 0.3) is 5.57 Å². The lowest BCUT2D eigenvalue weighted by molar-refractivity contribution is -0.137. The Morgan fingerprint density at radius 3 is 2.39 bits per heavy atom. The van der Waals surface area contributed by atoms with Crippen molar-refractivity contribution in [1.29, 1.82) is 0 Å². The topological polar surface area (TPSA) is 21.7 Å². The smallest absolute Gasteiger partial charge is 0.349 e. The van der Waals surface area contributed by atoms with Gasteiger partial charge in [-0.05, 0) is 59.9 Å². The SMILES string of the molecule is Fc1ccc2c(c1)Sc1ccc(C(F)(F)F)cc1C2=C1CCN(CC2OCCO2)CC1. The van der Waals surface area contributed by atoms with Crippen molar-refractivity contribution in [3.05, 3.63) is 64.5 Å². The van der Waals surface area contributed by atoms with Crippen LogP contribution in [-0.2, 0) is 15.7 Å². The lowest BCUT2D eigenvalue weighted by Gasteiger charge is -2.33. The van der Waals surface area contributed by atoms with Crippen LogP contribution in [0.15, 0.2) is 51.8 Å². The Bertz CT molecular complexity index is 1020. The average molecular weight is 451 g/mol. The predicted molar refractivity (Wildman–Crippen MR) is 109 cm³/mol. The van der Waals surface area contributed by atoms with E-state index in [9.17, 15) is 17.6 Å². The van der Waals surface area contributed by atoms with E-state index in [1.807, 2.05) is 0 Å². The van der Waals surface area contributed by atoms with Crippen LogP contribution in [0.1, 0.15) is 29.5 Å². The zero-order valence-electron chi connectivity index (χ0n) is 16.7. The number of fused-ring (bicyclic) bond motifs is 2. The monoisotopic (exact) mass is 451 g/mol. The molecule has 0 aliphatic carbocycles. The summed E-state index contributed by atoms with van der Waals surface area (Å²) in [5.41, 5.74) is 2.67. The van der Waals surface area contributed by atoms with Gasteiger partial charge in [0.15, 0.2) is 6.29 Å². The molecular formula is C23H21F4NO2S. The first-order valence-electron chi connectivity index (χ1n) is 10.3. The van der Waals surface area contributed by atoms with Gasteiger partial charge in [-0.2, -0.15) is 13.2 Å². The molecule has 2 fully saturated rings. The first kappa shape index (κ1) is 21.0. The number of likely N-dealkylation sites (tertiary alicyclic amines) is 1. The van der Waals surface area contributed by atoms with Gasteiger partial charge >= 0.3 is 6.18 Å². The molecular weight excluding hydrogens is 430 g/mol. The van der Waals surface area contributed by atoms with E-state index in [4.69, 9.17) is 9.47 Å². The summed E-state index contributed by atoms with van der Waals surface area (Å²) < 4.78 is 65.2. The normalized spacial score (nSPS) is 20.1. The lowest BCUT2D eigenvalue weighted by atomic mass is 9.87. The minimum absolute atomic E-state index is 0.209. The number of piperidine rings is 1. The van der Waals surface area contributed by atoms with Crippen molar-refractivity contribution >= 4 is 17.3 Å². The maximum absolute atomic E-state index is 13.9. The van der Waals surface area contributed by atoms with Gasteiger partial charge in [0, 0.05) is 29.4 Å². The second-order valence-corrected chi connectivity index (χ2v) is 8.99. The van der Waals surface area contributed by atoms with Gasteiger partial charge in [-0.3, -0.25) is 4.90 Å². The summed E-state index contributed by atoms with van der Waals surface area (Å²) in [4.78, 5) is 3.73. The van der Waals surface area contributed by atoms with Crippen LogP contribution < -0.4 is 0 Å². The first-order chi connectivity index (χ1) is 14.9. The molecule has 3 nitrogen and oxygen atoms in total. The molecule has 2 aromatic carbocycles. The van der Waals surface area contributed by atoms with E-state index in [0.29, 0.717) is 25.3 Å². The highest BCUT2D eigenvalue weighted by molar-refractivity contribution is 7.99. The molecule has 0 N–H and O–H groups in total. The second kappa shape index (κ2) is 8.24. The molecule has 0 spiro atoms. The Morgan fingerprint density at radius 1 is 0.935 bits per heavy atom. The summed E-state index contributed by atoms with van der Waals surface area (Å²) in [5, 5.41) is 0. The van der Waals surface area contributed by atoms with E-state index in [2.05, 4.69) is 4.90 Å². The number of rotatable bonds is 2. The number of ether oxygens (including phenoxy) is 2. The van der Waals surface area contributed by atoms with Crippen LogP contribution in [0.3, 0.4) is 0 Å². The Labute approximate surface area is 182 Å². The molecule has 0 aromatic heterocycles. The van der Waals surface area contributed by atoms with Crippen LogP contribution in [0.5, 0.6) is 0 Å². The van der Waals surface area contributed by atoms with Gasteiger partial charge in [0.25, 0.3) is 0 Å². The summed E-state index contributed by atoms with van der Waals surface area (Å²) in [7, 11) is 0. The molecule has 0 atom stereocenters. The minimum Gasteiger partial charge on any atom is -0.349 e. The Balaban J connectivity index is 1.51. The summed E-state index contributed by atoms with van der Waals surface area (Å²) >= 11 is 1.32. The minimum atomic E-state index is -4.41. The lowest BCUT2D eigenvalue weighted by Crippen LogP contribution is -2.37.